The molecule has 0 amide bonds. The Hall–Kier alpha value is -0.990. The average molecular weight is 253 g/mol. The van der Waals surface area contributed by atoms with Crippen LogP contribution in [0, 0.1) is 0 Å². The summed E-state index contributed by atoms with van der Waals surface area (Å²) in [6, 6.07) is 7.51. The average Bonchev–Trinajstić information content (AvgIpc) is 2.75. The summed E-state index contributed by atoms with van der Waals surface area (Å²) >= 11 is 6.07. The molecule has 2 nitrogen and oxygen atoms in total. The molecule has 0 aliphatic rings. The lowest BCUT2D eigenvalue weighted by molar-refractivity contribution is 0.00296. The molecule has 0 saturated carbocycles. The summed E-state index contributed by atoms with van der Waals surface area (Å²) in [6.07, 6.45) is 2.24. The summed E-state index contributed by atoms with van der Waals surface area (Å²) in [4.78, 5) is 0. The molecule has 0 saturated heterocycles. The molecule has 2 aromatic rings. The van der Waals surface area contributed by atoms with Gasteiger partial charge in [-0.3, -0.25) is 0 Å². The number of benzene rings is 1. The fraction of sp³-hybridized carbons (Fsp3) is 0.429. The number of hydrogen-bond acceptors (Lipinski definition) is 2. The summed E-state index contributed by atoms with van der Waals surface area (Å²) in [6.45, 7) is 4.01. The smallest absolute Gasteiger partial charge is 0.153 e. The molecule has 0 bridgehead atoms. The molecule has 17 heavy (non-hydrogen) atoms. The molecule has 1 heterocycles. The van der Waals surface area contributed by atoms with Crippen molar-refractivity contribution >= 4 is 22.6 Å². The first kappa shape index (κ1) is 12.5. The molecule has 3 heteroatoms. The number of fused-ring (bicyclic) bond motifs is 1. The van der Waals surface area contributed by atoms with Crippen LogP contribution >= 0.6 is 11.6 Å². The highest BCUT2D eigenvalue weighted by molar-refractivity contribution is 6.34. The standard InChI is InChI=1S/C14H17ClO2/c1-3-8-14(16,4-2)12-9-10-6-5-7-11(15)13(10)17-12/h5-7,9,16H,3-4,8H2,1-2H3. The van der Waals surface area contributed by atoms with Crippen LogP contribution in [-0.4, -0.2) is 5.11 Å². The number of furan rings is 1. The molecule has 1 aromatic heterocycles. The maximum atomic E-state index is 10.5. The zero-order valence-corrected chi connectivity index (χ0v) is 10.9. The van der Waals surface area contributed by atoms with Gasteiger partial charge in [0.05, 0.1) is 5.02 Å². The molecule has 1 unspecified atom stereocenters. The Morgan fingerprint density at radius 3 is 2.71 bits per heavy atom. The lowest BCUT2D eigenvalue weighted by atomic mass is 9.92. The molecule has 2 rings (SSSR count). The van der Waals surface area contributed by atoms with Gasteiger partial charge in [-0.15, -0.1) is 0 Å². The zero-order chi connectivity index (χ0) is 12.5. The molecule has 0 fully saturated rings. The predicted molar refractivity (Wildman–Crippen MR) is 70.3 cm³/mol. The molecule has 1 N–H and O–H groups in total. The van der Waals surface area contributed by atoms with Crippen molar-refractivity contribution < 1.29 is 9.52 Å². The van der Waals surface area contributed by atoms with Crippen molar-refractivity contribution in [2.24, 2.45) is 0 Å². The van der Waals surface area contributed by atoms with E-state index in [9.17, 15) is 5.11 Å². The molecular formula is C14H17ClO2. The Morgan fingerprint density at radius 1 is 1.35 bits per heavy atom. The Morgan fingerprint density at radius 2 is 2.12 bits per heavy atom. The van der Waals surface area contributed by atoms with E-state index in [4.69, 9.17) is 16.0 Å². The number of rotatable bonds is 4. The molecule has 1 atom stereocenters. The Labute approximate surface area is 106 Å². The van der Waals surface area contributed by atoms with Gasteiger partial charge >= 0.3 is 0 Å². The van der Waals surface area contributed by atoms with E-state index in [0.717, 1.165) is 11.8 Å². The van der Waals surface area contributed by atoms with Crippen LogP contribution in [-0.2, 0) is 5.60 Å². The normalized spacial score (nSPS) is 15.1. The van der Waals surface area contributed by atoms with E-state index in [2.05, 4.69) is 6.92 Å². The minimum atomic E-state index is -0.878. The monoisotopic (exact) mass is 252 g/mol. The van der Waals surface area contributed by atoms with Crippen LogP contribution in [0.2, 0.25) is 5.02 Å². The first-order valence-corrected chi connectivity index (χ1v) is 6.39. The van der Waals surface area contributed by atoms with Gasteiger partial charge in [0.1, 0.15) is 11.4 Å². The topological polar surface area (TPSA) is 33.4 Å². The maximum Gasteiger partial charge on any atom is 0.153 e. The minimum Gasteiger partial charge on any atom is -0.456 e. The van der Waals surface area contributed by atoms with E-state index < -0.39 is 5.60 Å². The van der Waals surface area contributed by atoms with Crippen molar-refractivity contribution in [1.29, 1.82) is 0 Å². The van der Waals surface area contributed by atoms with Gasteiger partial charge in [0, 0.05) is 5.39 Å². The highest BCUT2D eigenvalue weighted by atomic mass is 35.5. The SMILES string of the molecule is CCCC(O)(CC)c1cc2cccc(Cl)c2o1. The third kappa shape index (κ3) is 2.20. The van der Waals surface area contributed by atoms with Gasteiger partial charge in [-0.05, 0) is 25.0 Å². The lowest BCUT2D eigenvalue weighted by Gasteiger charge is -2.23. The summed E-state index contributed by atoms with van der Waals surface area (Å²) in [5, 5.41) is 12.1. The van der Waals surface area contributed by atoms with Crippen LogP contribution < -0.4 is 0 Å². The van der Waals surface area contributed by atoms with E-state index in [1.807, 2.05) is 25.1 Å². The Bertz CT molecular complexity index is 518. The second kappa shape index (κ2) is 4.71. The molecule has 0 radical (unpaired) electrons. The predicted octanol–water partition coefficient (Wildman–Crippen LogP) is 4.48. The summed E-state index contributed by atoms with van der Waals surface area (Å²) < 4.78 is 5.73. The van der Waals surface area contributed by atoms with Crippen LogP contribution in [0.3, 0.4) is 0 Å². The molecule has 1 aromatic carbocycles. The van der Waals surface area contributed by atoms with Crippen LogP contribution in [0.5, 0.6) is 0 Å². The number of para-hydroxylation sites is 1. The van der Waals surface area contributed by atoms with Gasteiger partial charge in [0.25, 0.3) is 0 Å². The van der Waals surface area contributed by atoms with Gasteiger partial charge in [0.2, 0.25) is 0 Å². The second-order valence-corrected chi connectivity index (χ2v) is 4.81. The van der Waals surface area contributed by atoms with E-state index in [1.165, 1.54) is 0 Å². The second-order valence-electron chi connectivity index (χ2n) is 4.40. The fourth-order valence-electron chi connectivity index (χ4n) is 2.14. The largest absolute Gasteiger partial charge is 0.456 e. The molecule has 0 aliphatic carbocycles. The first-order valence-electron chi connectivity index (χ1n) is 6.01. The summed E-state index contributed by atoms with van der Waals surface area (Å²) in [7, 11) is 0. The van der Waals surface area contributed by atoms with Crippen LogP contribution in [0.15, 0.2) is 28.7 Å². The van der Waals surface area contributed by atoms with Crippen LogP contribution in [0.1, 0.15) is 38.9 Å². The maximum absolute atomic E-state index is 10.5. The van der Waals surface area contributed by atoms with E-state index in [-0.39, 0.29) is 0 Å². The van der Waals surface area contributed by atoms with Crippen LogP contribution in [0.4, 0.5) is 0 Å². The van der Waals surface area contributed by atoms with Crippen molar-refractivity contribution in [2.75, 3.05) is 0 Å². The zero-order valence-electron chi connectivity index (χ0n) is 10.2. The molecular weight excluding hydrogens is 236 g/mol. The third-order valence-corrected chi connectivity index (χ3v) is 3.50. The number of halogens is 1. The molecule has 92 valence electrons. The quantitative estimate of drug-likeness (QED) is 0.870. The summed E-state index contributed by atoms with van der Waals surface area (Å²) in [5.41, 5.74) is -0.218. The first-order chi connectivity index (χ1) is 8.10. The third-order valence-electron chi connectivity index (χ3n) is 3.20. The van der Waals surface area contributed by atoms with E-state index >= 15 is 0 Å². The van der Waals surface area contributed by atoms with Crippen molar-refractivity contribution in [3.63, 3.8) is 0 Å². The summed E-state index contributed by atoms with van der Waals surface area (Å²) in [5.74, 6) is 0.616. The molecule has 0 spiro atoms. The Kier molecular flexibility index (Phi) is 3.45. The van der Waals surface area contributed by atoms with Gasteiger partial charge in [-0.2, -0.15) is 0 Å². The van der Waals surface area contributed by atoms with E-state index in [0.29, 0.717) is 29.2 Å². The highest BCUT2D eigenvalue weighted by Gasteiger charge is 2.30. The van der Waals surface area contributed by atoms with Gasteiger partial charge in [-0.1, -0.05) is 44.0 Å². The molecule has 0 aliphatic heterocycles. The minimum absolute atomic E-state index is 0.587. The fourth-order valence-corrected chi connectivity index (χ4v) is 2.37. The lowest BCUT2D eigenvalue weighted by Crippen LogP contribution is -2.23. The van der Waals surface area contributed by atoms with Gasteiger partial charge in [0.15, 0.2) is 5.58 Å². The van der Waals surface area contributed by atoms with E-state index in [1.54, 1.807) is 6.07 Å². The Balaban J connectivity index is 2.52. The van der Waals surface area contributed by atoms with Gasteiger partial charge < -0.3 is 9.52 Å². The van der Waals surface area contributed by atoms with Crippen molar-refractivity contribution in [2.45, 2.75) is 38.7 Å². The van der Waals surface area contributed by atoms with Gasteiger partial charge in [-0.25, -0.2) is 0 Å². The highest BCUT2D eigenvalue weighted by Crippen LogP contribution is 2.36. The van der Waals surface area contributed by atoms with Crippen molar-refractivity contribution in [3.05, 3.63) is 35.0 Å². The van der Waals surface area contributed by atoms with Crippen molar-refractivity contribution in [1.82, 2.24) is 0 Å². The van der Waals surface area contributed by atoms with Crippen molar-refractivity contribution in [3.8, 4) is 0 Å². The number of hydrogen-bond donors (Lipinski definition) is 1. The number of aliphatic hydroxyl groups is 1. The van der Waals surface area contributed by atoms with Crippen LogP contribution in [0.25, 0.3) is 11.0 Å².